The summed E-state index contributed by atoms with van der Waals surface area (Å²) in [5, 5.41) is 3.54. The van der Waals surface area contributed by atoms with Crippen molar-refractivity contribution in [2.45, 2.75) is 20.0 Å². The smallest absolute Gasteiger partial charge is 0.221 e. The number of nitrogens with zero attached hydrogens (tertiary/aromatic N) is 3. The van der Waals surface area contributed by atoms with Gasteiger partial charge in [0.2, 0.25) is 5.91 Å². The Morgan fingerprint density at radius 2 is 2.08 bits per heavy atom. The quantitative estimate of drug-likeness (QED) is 0.774. The van der Waals surface area contributed by atoms with Crippen LogP contribution in [0.1, 0.15) is 12.7 Å². The van der Waals surface area contributed by atoms with Crippen LogP contribution in [0.4, 0.5) is 11.4 Å². The molecule has 1 aliphatic rings. The van der Waals surface area contributed by atoms with E-state index >= 15 is 0 Å². The van der Waals surface area contributed by atoms with E-state index in [0.29, 0.717) is 5.02 Å². The average Bonchev–Trinajstić information content (AvgIpc) is 2.90. The number of hydrogen-bond acceptors (Lipinski definition) is 3. The maximum Gasteiger partial charge on any atom is 0.221 e. The number of carbonyl (C=O) groups is 1. The molecule has 6 heteroatoms. The number of imidazole rings is 1. The van der Waals surface area contributed by atoms with Crippen LogP contribution in [0.15, 0.2) is 42.5 Å². The summed E-state index contributed by atoms with van der Waals surface area (Å²) in [7, 11) is 0. The predicted octanol–water partition coefficient (Wildman–Crippen LogP) is 3.67. The highest BCUT2D eigenvalue weighted by molar-refractivity contribution is 6.31. The molecule has 1 N–H and O–H groups in total. The summed E-state index contributed by atoms with van der Waals surface area (Å²) in [5.74, 6) is 0.966. The monoisotopic (exact) mass is 340 g/mol. The fraction of sp³-hybridized carbons (Fsp3) is 0.222. The fourth-order valence-electron chi connectivity index (χ4n) is 3.20. The van der Waals surface area contributed by atoms with Gasteiger partial charge in [0.25, 0.3) is 0 Å². The second-order valence-electron chi connectivity index (χ2n) is 5.97. The third-order valence-corrected chi connectivity index (χ3v) is 4.48. The van der Waals surface area contributed by atoms with Crippen LogP contribution in [0.3, 0.4) is 0 Å². The van der Waals surface area contributed by atoms with Crippen molar-refractivity contribution < 1.29 is 4.79 Å². The van der Waals surface area contributed by atoms with Gasteiger partial charge in [0.15, 0.2) is 0 Å². The van der Waals surface area contributed by atoms with Gasteiger partial charge in [-0.15, -0.1) is 0 Å². The van der Waals surface area contributed by atoms with Gasteiger partial charge in [-0.1, -0.05) is 17.7 Å². The van der Waals surface area contributed by atoms with E-state index in [4.69, 9.17) is 16.6 Å². The van der Waals surface area contributed by atoms with E-state index in [-0.39, 0.29) is 5.91 Å². The molecule has 1 aliphatic heterocycles. The minimum atomic E-state index is -0.0653. The molecule has 0 bridgehead atoms. The van der Waals surface area contributed by atoms with Gasteiger partial charge < -0.3 is 14.8 Å². The molecule has 1 amide bonds. The maximum atomic E-state index is 11.2. The first kappa shape index (κ1) is 15.0. The van der Waals surface area contributed by atoms with Gasteiger partial charge in [0.1, 0.15) is 5.82 Å². The lowest BCUT2D eigenvalue weighted by Crippen LogP contribution is -2.33. The van der Waals surface area contributed by atoms with Crippen LogP contribution in [0.5, 0.6) is 0 Å². The molecule has 0 aliphatic carbocycles. The number of benzene rings is 2. The highest BCUT2D eigenvalue weighted by Gasteiger charge is 2.20. The molecule has 0 radical (unpaired) electrons. The summed E-state index contributed by atoms with van der Waals surface area (Å²) >= 11 is 6.07. The molecule has 3 aromatic rings. The number of rotatable bonds is 2. The van der Waals surface area contributed by atoms with Crippen molar-refractivity contribution in [2.24, 2.45) is 0 Å². The molecule has 1 aromatic heterocycles. The molecular formula is C18H17ClN4O. The topological polar surface area (TPSA) is 50.2 Å². The van der Waals surface area contributed by atoms with Crippen molar-refractivity contribution >= 4 is 39.9 Å². The SMILES string of the molecule is CC(=O)Nc1cccc(N2CCn3c(nc4cc(Cl)ccc43)C2)c1. The van der Waals surface area contributed by atoms with Crippen LogP contribution >= 0.6 is 11.6 Å². The fourth-order valence-corrected chi connectivity index (χ4v) is 3.36. The molecule has 4 rings (SSSR count). The Hall–Kier alpha value is -2.53. The molecule has 122 valence electrons. The van der Waals surface area contributed by atoms with E-state index in [1.807, 2.05) is 36.4 Å². The van der Waals surface area contributed by atoms with Crippen LogP contribution in [0.25, 0.3) is 11.0 Å². The Balaban J connectivity index is 1.64. The minimum absolute atomic E-state index is 0.0653. The van der Waals surface area contributed by atoms with Crippen LogP contribution in [0, 0.1) is 0 Å². The number of anilines is 2. The second kappa shape index (κ2) is 5.83. The van der Waals surface area contributed by atoms with Crippen molar-refractivity contribution in [3.63, 3.8) is 0 Å². The number of carbonyl (C=O) groups excluding carboxylic acids is 1. The van der Waals surface area contributed by atoms with Gasteiger partial charge in [-0.05, 0) is 36.4 Å². The number of aromatic nitrogens is 2. The number of fused-ring (bicyclic) bond motifs is 3. The number of amides is 1. The molecule has 5 nitrogen and oxygen atoms in total. The van der Waals surface area contributed by atoms with Crippen molar-refractivity contribution in [1.29, 1.82) is 0 Å². The van der Waals surface area contributed by atoms with Crippen LogP contribution in [-0.2, 0) is 17.9 Å². The Kier molecular flexibility index (Phi) is 3.65. The number of hydrogen-bond donors (Lipinski definition) is 1. The molecule has 24 heavy (non-hydrogen) atoms. The first-order valence-corrected chi connectivity index (χ1v) is 8.25. The van der Waals surface area contributed by atoms with Crippen LogP contribution < -0.4 is 10.2 Å². The van der Waals surface area contributed by atoms with Gasteiger partial charge in [-0.3, -0.25) is 4.79 Å². The van der Waals surface area contributed by atoms with Gasteiger partial charge in [-0.2, -0.15) is 0 Å². The molecule has 0 spiro atoms. The lowest BCUT2D eigenvalue weighted by molar-refractivity contribution is -0.114. The molecule has 0 saturated heterocycles. The lowest BCUT2D eigenvalue weighted by atomic mass is 10.2. The van der Waals surface area contributed by atoms with E-state index in [9.17, 15) is 4.79 Å². The Morgan fingerprint density at radius 1 is 1.21 bits per heavy atom. The van der Waals surface area contributed by atoms with Crippen LogP contribution in [-0.4, -0.2) is 22.0 Å². The molecular weight excluding hydrogens is 324 g/mol. The molecule has 0 unspecified atom stereocenters. The minimum Gasteiger partial charge on any atom is -0.362 e. The Labute approximate surface area is 144 Å². The Morgan fingerprint density at radius 3 is 2.92 bits per heavy atom. The third kappa shape index (κ3) is 2.71. The molecule has 2 heterocycles. The van der Waals surface area contributed by atoms with E-state index in [1.54, 1.807) is 0 Å². The molecule has 0 fully saturated rings. The zero-order chi connectivity index (χ0) is 16.7. The van der Waals surface area contributed by atoms with Gasteiger partial charge in [0.05, 0.1) is 17.6 Å². The highest BCUT2D eigenvalue weighted by atomic mass is 35.5. The van der Waals surface area contributed by atoms with Gasteiger partial charge in [0, 0.05) is 36.4 Å². The van der Waals surface area contributed by atoms with E-state index < -0.39 is 0 Å². The first-order valence-electron chi connectivity index (χ1n) is 7.87. The van der Waals surface area contributed by atoms with Crippen molar-refractivity contribution in [1.82, 2.24) is 9.55 Å². The summed E-state index contributed by atoms with van der Waals surface area (Å²) in [6.45, 7) is 4.01. The number of nitrogens with one attached hydrogen (secondary N) is 1. The number of halogens is 1. The maximum absolute atomic E-state index is 11.2. The Bertz CT molecular complexity index is 934. The van der Waals surface area contributed by atoms with Crippen molar-refractivity contribution in [2.75, 3.05) is 16.8 Å². The normalized spacial score (nSPS) is 13.8. The van der Waals surface area contributed by atoms with Gasteiger partial charge >= 0.3 is 0 Å². The van der Waals surface area contributed by atoms with E-state index in [1.165, 1.54) is 6.92 Å². The molecule has 0 saturated carbocycles. The highest BCUT2D eigenvalue weighted by Crippen LogP contribution is 2.27. The summed E-state index contributed by atoms with van der Waals surface area (Å²) in [6, 6.07) is 13.7. The van der Waals surface area contributed by atoms with Crippen molar-refractivity contribution in [3.05, 3.63) is 53.3 Å². The van der Waals surface area contributed by atoms with E-state index in [0.717, 1.165) is 47.9 Å². The summed E-state index contributed by atoms with van der Waals surface area (Å²) in [5.41, 5.74) is 3.95. The summed E-state index contributed by atoms with van der Waals surface area (Å²) in [6.07, 6.45) is 0. The molecule has 2 aromatic carbocycles. The lowest BCUT2D eigenvalue weighted by Gasteiger charge is -2.30. The average molecular weight is 341 g/mol. The van der Waals surface area contributed by atoms with Crippen molar-refractivity contribution in [3.8, 4) is 0 Å². The third-order valence-electron chi connectivity index (χ3n) is 4.25. The molecule has 0 atom stereocenters. The summed E-state index contributed by atoms with van der Waals surface area (Å²) in [4.78, 5) is 18.2. The predicted molar refractivity (Wildman–Crippen MR) is 96.5 cm³/mol. The van der Waals surface area contributed by atoms with Crippen LogP contribution in [0.2, 0.25) is 5.02 Å². The second-order valence-corrected chi connectivity index (χ2v) is 6.40. The van der Waals surface area contributed by atoms with E-state index in [2.05, 4.69) is 20.9 Å². The summed E-state index contributed by atoms with van der Waals surface area (Å²) < 4.78 is 2.25. The first-order chi connectivity index (χ1) is 11.6. The zero-order valence-corrected chi connectivity index (χ0v) is 14.0. The largest absolute Gasteiger partial charge is 0.362 e. The zero-order valence-electron chi connectivity index (χ0n) is 13.3. The standard InChI is InChI=1S/C18H17ClN4O/c1-12(24)20-14-3-2-4-15(10-14)22-7-8-23-17-6-5-13(19)9-16(17)21-18(23)11-22/h2-6,9-10H,7-8,11H2,1H3,(H,20,24). The van der Waals surface area contributed by atoms with Gasteiger partial charge in [-0.25, -0.2) is 4.98 Å².